The van der Waals surface area contributed by atoms with Gasteiger partial charge in [-0.15, -0.1) is 11.3 Å². The molecule has 1 atom stereocenters. The third-order valence-corrected chi connectivity index (χ3v) is 5.98. The average Bonchev–Trinajstić information content (AvgIpc) is 3.22. The van der Waals surface area contributed by atoms with Crippen LogP contribution in [0.5, 0.6) is 0 Å². The number of aromatic nitrogens is 2. The zero-order valence-electron chi connectivity index (χ0n) is 12.9. The minimum Gasteiger partial charge on any atom is -0.333 e. The second-order valence-corrected chi connectivity index (χ2v) is 7.58. The zero-order chi connectivity index (χ0) is 15.1. The van der Waals surface area contributed by atoms with Gasteiger partial charge in [0.25, 0.3) is 5.91 Å². The van der Waals surface area contributed by atoms with Crippen LogP contribution in [0.2, 0.25) is 0 Å². The first-order valence-corrected chi connectivity index (χ1v) is 8.94. The molecule has 0 bridgehead atoms. The van der Waals surface area contributed by atoms with Crippen LogP contribution in [0.15, 0.2) is 18.5 Å². The van der Waals surface area contributed by atoms with Crippen LogP contribution in [0.1, 0.15) is 44.9 Å². The lowest BCUT2D eigenvalue weighted by Crippen LogP contribution is -2.37. The molecule has 1 aliphatic heterocycles. The Bertz CT molecular complexity index is 681. The molecule has 22 heavy (non-hydrogen) atoms. The Hall–Kier alpha value is -1.62. The predicted molar refractivity (Wildman–Crippen MR) is 87.4 cm³/mol. The normalized spacial score (nSPS) is 20.6. The summed E-state index contributed by atoms with van der Waals surface area (Å²) >= 11 is 1.72. The molecule has 1 amide bonds. The van der Waals surface area contributed by atoms with Crippen LogP contribution in [0.25, 0.3) is 0 Å². The van der Waals surface area contributed by atoms with Crippen molar-refractivity contribution in [1.29, 1.82) is 0 Å². The Morgan fingerprint density at radius 1 is 1.41 bits per heavy atom. The van der Waals surface area contributed by atoms with Crippen molar-refractivity contribution in [3.05, 3.63) is 39.3 Å². The number of likely N-dealkylation sites (tertiary alicyclic amines) is 1. The second-order valence-electron chi connectivity index (χ2n) is 6.45. The van der Waals surface area contributed by atoms with E-state index in [-0.39, 0.29) is 11.9 Å². The van der Waals surface area contributed by atoms with Crippen molar-refractivity contribution in [1.82, 2.24) is 14.7 Å². The fraction of sp³-hybridized carbons (Fsp3) is 0.529. The molecule has 1 fully saturated rings. The van der Waals surface area contributed by atoms with Crippen LogP contribution in [0.4, 0.5) is 0 Å². The molecule has 0 radical (unpaired) electrons. The van der Waals surface area contributed by atoms with Crippen molar-refractivity contribution in [3.63, 3.8) is 0 Å². The van der Waals surface area contributed by atoms with Gasteiger partial charge in [0.1, 0.15) is 0 Å². The molecular weight excluding hydrogens is 294 g/mol. The van der Waals surface area contributed by atoms with Crippen LogP contribution in [-0.4, -0.2) is 33.2 Å². The molecule has 0 unspecified atom stereocenters. The minimum atomic E-state index is 0.228. The first-order valence-electron chi connectivity index (χ1n) is 8.12. The van der Waals surface area contributed by atoms with Crippen molar-refractivity contribution in [3.8, 4) is 0 Å². The van der Waals surface area contributed by atoms with Crippen molar-refractivity contribution < 1.29 is 4.79 Å². The van der Waals surface area contributed by atoms with Crippen molar-refractivity contribution in [2.24, 2.45) is 0 Å². The smallest absolute Gasteiger partial charge is 0.264 e. The Morgan fingerprint density at radius 3 is 3.09 bits per heavy atom. The highest BCUT2D eigenvalue weighted by atomic mass is 32.1. The van der Waals surface area contributed by atoms with Crippen LogP contribution >= 0.6 is 11.3 Å². The number of carbonyl (C=O) groups is 1. The zero-order valence-corrected chi connectivity index (χ0v) is 13.7. The van der Waals surface area contributed by atoms with E-state index in [1.807, 2.05) is 17.8 Å². The van der Waals surface area contributed by atoms with E-state index in [9.17, 15) is 4.79 Å². The highest BCUT2D eigenvalue weighted by Gasteiger charge is 2.31. The fourth-order valence-corrected chi connectivity index (χ4v) is 4.86. The lowest BCUT2D eigenvalue weighted by Gasteiger charge is -2.24. The molecule has 2 aromatic heterocycles. The highest BCUT2D eigenvalue weighted by molar-refractivity contribution is 7.14. The van der Waals surface area contributed by atoms with E-state index in [1.165, 1.54) is 22.4 Å². The van der Waals surface area contributed by atoms with Gasteiger partial charge in [0.15, 0.2) is 0 Å². The molecule has 4 rings (SSSR count). The maximum absolute atomic E-state index is 12.9. The third-order valence-electron chi connectivity index (χ3n) is 4.76. The third kappa shape index (κ3) is 2.47. The summed E-state index contributed by atoms with van der Waals surface area (Å²) in [6.45, 7) is 3.74. The molecule has 1 aliphatic carbocycles. The van der Waals surface area contributed by atoms with E-state index >= 15 is 0 Å². The molecule has 0 aromatic carbocycles. The lowest BCUT2D eigenvalue weighted by atomic mass is 10.2. The molecule has 116 valence electrons. The van der Waals surface area contributed by atoms with Gasteiger partial charge in [-0.1, -0.05) is 0 Å². The summed E-state index contributed by atoms with van der Waals surface area (Å²) in [7, 11) is 0. The molecule has 3 heterocycles. The summed E-state index contributed by atoms with van der Waals surface area (Å²) in [5.74, 6) is 0.228. The van der Waals surface area contributed by atoms with Crippen molar-refractivity contribution >= 4 is 17.2 Å². The van der Waals surface area contributed by atoms with E-state index in [4.69, 9.17) is 0 Å². The Labute approximate surface area is 134 Å². The summed E-state index contributed by atoms with van der Waals surface area (Å²) in [6.07, 6.45) is 9.67. The molecule has 1 saturated heterocycles. The van der Waals surface area contributed by atoms with E-state index < -0.39 is 0 Å². The van der Waals surface area contributed by atoms with Gasteiger partial charge in [0.2, 0.25) is 0 Å². The van der Waals surface area contributed by atoms with Gasteiger partial charge < -0.3 is 4.90 Å². The lowest BCUT2D eigenvalue weighted by molar-refractivity contribution is 0.0726. The van der Waals surface area contributed by atoms with E-state index in [2.05, 4.69) is 22.3 Å². The summed E-state index contributed by atoms with van der Waals surface area (Å²) in [4.78, 5) is 17.3. The Morgan fingerprint density at radius 2 is 2.32 bits per heavy atom. The molecule has 4 nitrogen and oxygen atoms in total. The Kier molecular flexibility index (Phi) is 3.53. The highest BCUT2D eigenvalue weighted by Crippen LogP contribution is 2.32. The van der Waals surface area contributed by atoms with E-state index in [1.54, 1.807) is 11.3 Å². The maximum Gasteiger partial charge on any atom is 0.264 e. The van der Waals surface area contributed by atoms with Gasteiger partial charge in [0.05, 0.1) is 23.7 Å². The standard InChI is InChI=1S/C17H21N3OS/c1-12-9-18-19(10-12)11-14-5-3-7-20(14)17(21)16-8-13-4-2-6-15(13)22-16/h8-10,14H,2-7,11H2,1H3/t14-/m0/s1. The predicted octanol–water partition coefficient (Wildman–Crippen LogP) is 3.05. The topological polar surface area (TPSA) is 38.1 Å². The average molecular weight is 315 g/mol. The van der Waals surface area contributed by atoms with Gasteiger partial charge in [0, 0.05) is 17.6 Å². The van der Waals surface area contributed by atoms with Gasteiger partial charge in [-0.25, -0.2) is 0 Å². The van der Waals surface area contributed by atoms with Crippen LogP contribution < -0.4 is 0 Å². The second kappa shape index (κ2) is 5.54. The Balaban J connectivity index is 1.51. The molecule has 0 N–H and O–H groups in total. The van der Waals surface area contributed by atoms with Gasteiger partial charge in [-0.2, -0.15) is 5.10 Å². The number of fused-ring (bicyclic) bond motifs is 1. The fourth-order valence-electron chi connectivity index (χ4n) is 3.65. The van der Waals surface area contributed by atoms with Crippen LogP contribution in [0, 0.1) is 6.92 Å². The van der Waals surface area contributed by atoms with E-state index in [0.717, 1.165) is 43.6 Å². The molecule has 0 spiro atoms. The van der Waals surface area contributed by atoms with Gasteiger partial charge in [-0.05, 0) is 56.2 Å². The van der Waals surface area contributed by atoms with Crippen molar-refractivity contribution in [2.45, 2.75) is 51.6 Å². The molecule has 5 heteroatoms. The minimum absolute atomic E-state index is 0.228. The maximum atomic E-state index is 12.9. The van der Waals surface area contributed by atoms with Crippen molar-refractivity contribution in [2.75, 3.05) is 6.54 Å². The number of thiophene rings is 1. The molecule has 2 aromatic rings. The number of hydrogen-bond acceptors (Lipinski definition) is 3. The summed E-state index contributed by atoms with van der Waals surface area (Å²) in [5.41, 5.74) is 2.58. The largest absolute Gasteiger partial charge is 0.333 e. The number of amides is 1. The monoisotopic (exact) mass is 315 g/mol. The van der Waals surface area contributed by atoms with Crippen LogP contribution in [0.3, 0.4) is 0 Å². The van der Waals surface area contributed by atoms with Gasteiger partial charge in [-0.3, -0.25) is 9.48 Å². The summed E-state index contributed by atoms with van der Waals surface area (Å²) < 4.78 is 1.97. The summed E-state index contributed by atoms with van der Waals surface area (Å²) in [5, 5.41) is 4.37. The quantitative estimate of drug-likeness (QED) is 0.873. The molecular formula is C17H21N3OS. The number of rotatable bonds is 3. The van der Waals surface area contributed by atoms with Crippen LogP contribution in [-0.2, 0) is 19.4 Å². The first kappa shape index (κ1) is 14.0. The van der Waals surface area contributed by atoms with E-state index in [0.29, 0.717) is 0 Å². The number of hydrogen-bond donors (Lipinski definition) is 0. The van der Waals surface area contributed by atoms with Gasteiger partial charge >= 0.3 is 0 Å². The molecule has 0 saturated carbocycles. The number of nitrogens with zero attached hydrogens (tertiary/aromatic N) is 3. The number of carbonyl (C=O) groups excluding carboxylic acids is 1. The first-order chi connectivity index (χ1) is 10.7. The molecule has 2 aliphatic rings. The summed E-state index contributed by atoms with van der Waals surface area (Å²) in [6, 6.07) is 2.42. The number of aryl methyl sites for hydroxylation is 3. The SMILES string of the molecule is Cc1cnn(C[C@@H]2CCCN2C(=O)c2cc3c(s2)CCC3)c1.